The van der Waals surface area contributed by atoms with Gasteiger partial charge in [0.05, 0.1) is 0 Å². The summed E-state index contributed by atoms with van der Waals surface area (Å²) in [4.78, 5) is 12.1. The van der Waals surface area contributed by atoms with Crippen LogP contribution in [0.3, 0.4) is 0 Å². The SMILES string of the molecule is CCCCCCCCCCCCCCCCCCCCCCNC(=O)c1c(O)cc(O)cc1O. The minimum atomic E-state index is -0.521. The number of aromatic hydroxyl groups is 3. The lowest BCUT2D eigenvalue weighted by Crippen LogP contribution is -2.24. The van der Waals surface area contributed by atoms with Crippen molar-refractivity contribution in [2.45, 2.75) is 135 Å². The summed E-state index contributed by atoms with van der Waals surface area (Å²) in [6.07, 6.45) is 26.7. The van der Waals surface area contributed by atoms with E-state index in [2.05, 4.69) is 12.2 Å². The molecule has 5 nitrogen and oxygen atoms in total. The maximum absolute atomic E-state index is 12.1. The lowest BCUT2D eigenvalue weighted by molar-refractivity contribution is 0.0947. The van der Waals surface area contributed by atoms with Crippen molar-refractivity contribution >= 4 is 5.91 Å². The summed E-state index contributed by atoms with van der Waals surface area (Å²) in [6, 6.07) is 2.10. The Morgan fingerprint density at radius 1 is 0.588 bits per heavy atom. The van der Waals surface area contributed by atoms with E-state index in [0.29, 0.717) is 6.54 Å². The maximum atomic E-state index is 12.1. The molecule has 0 unspecified atom stereocenters. The highest BCUT2D eigenvalue weighted by atomic mass is 16.3. The number of rotatable bonds is 22. The molecule has 196 valence electrons. The van der Waals surface area contributed by atoms with Gasteiger partial charge in [-0.2, -0.15) is 0 Å². The summed E-state index contributed by atoms with van der Waals surface area (Å²) >= 11 is 0. The van der Waals surface area contributed by atoms with E-state index in [1.807, 2.05) is 0 Å². The molecular weight excluding hydrogens is 426 g/mol. The molecule has 0 aromatic heterocycles. The van der Waals surface area contributed by atoms with Gasteiger partial charge >= 0.3 is 0 Å². The Kier molecular flexibility index (Phi) is 18.1. The van der Waals surface area contributed by atoms with Crippen LogP contribution in [0.1, 0.15) is 146 Å². The van der Waals surface area contributed by atoms with Crippen molar-refractivity contribution in [2.75, 3.05) is 6.54 Å². The van der Waals surface area contributed by atoms with Crippen LogP contribution in [0.25, 0.3) is 0 Å². The molecule has 0 aliphatic heterocycles. The summed E-state index contributed by atoms with van der Waals surface area (Å²) in [7, 11) is 0. The van der Waals surface area contributed by atoms with E-state index in [4.69, 9.17) is 0 Å². The molecule has 0 bridgehead atoms. The molecular formula is C29H51NO4. The first-order valence-electron chi connectivity index (χ1n) is 14.1. The van der Waals surface area contributed by atoms with Crippen molar-refractivity contribution in [2.24, 2.45) is 0 Å². The van der Waals surface area contributed by atoms with E-state index >= 15 is 0 Å². The van der Waals surface area contributed by atoms with Crippen LogP contribution in [-0.4, -0.2) is 27.8 Å². The number of benzene rings is 1. The number of amides is 1. The van der Waals surface area contributed by atoms with Crippen molar-refractivity contribution in [3.8, 4) is 17.2 Å². The van der Waals surface area contributed by atoms with Gasteiger partial charge in [-0.25, -0.2) is 0 Å². The third-order valence-electron chi connectivity index (χ3n) is 6.62. The molecule has 0 heterocycles. The molecule has 5 heteroatoms. The molecule has 0 radical (unpaired) electrons. The predicted octanol–water partition coefficient (Wildman–Crippen LogP) is 8.36. The van der Waals surface area contributed by atoms with Crippen molar-refractivity contribution in [1.29, 1.82) is 0 Å². The number of hydrogen-bond acceptors (Lipinski definition) is 4. The molecule has 0 atom stereocenters. The van der Waals surface area contributed by atoms with Crippen molar-refractivity contribution < 1.29 is 20.1 Å². The quantitative estimate of drug-likeness (QED) is 0.126. The molecule has 1 amide bonds. The van der Waals surface area contributed by atoms with E-state index in [0.717, 1.165) is 25.0 Å². The van der Waals surface area contributed by atoms with Crippen LogP contribution < -0.4 is 5.32 Å². The molecule has 1 aromatic rings. The minimum absolute atomic E-state index is 0.189. The van der Waals surface area contributed by atoms with Gasteiger partial charge in [0.15, 0.2) is 0 Å². The lowest BCUT2D eigenvalue weighted by Gasteiger charge is -2.09. The molecule has 0 fully saturated rings. The first-order chi connectivity index (χ1) is 16.6. The number of carbonyl (C=O) groups is 1. The topological polar surface area (TPSA) is 89.8 Å². The van der Waals surface area contributed by atoms with Crippen molar-refractivity contribution in [3.63, 3.8) is 0 Å². The van der Waals surface area contributed by atoms with Gasteiger partial charge in [0.1, 0.15) is 22.8 Å². The molecule has 1 aromatic carbocycles. The van der Waals surface area contributed by atoms with Crippen LogP contribution in [0.2, 0.25) is 0 Å². The second kappa shape index (κ2) is 20.5. The standard InChI is InChI=1S/C29H51NO4/c1-2-3-4-5-6-7-8-9-10-11-12-13-14-15-16-17-18-19-20-21-22-30-29(34)28-26(32)23-25(31)24-27(28)33/h23-24,31-33H,2-22H2,1H3,(H,30,34). The lowest BCUT2D eigenvalue weighted by atomic mass is 10.0. The van der Waals surface area contributed by atoms with Gasteiger partial charge in [0.2, 0.25) is 0 Å². The highest BCUT2D eigenvalue weighted by molar-refractivity contribution is 5.99. The third kappa shape index (κ3) is 15.1. The zero-order valence-corrected chi connectivity index (χ0v) is 21.8. The number of hydrogen-bond donors (Lipinski definition) is 4. The summed E-state index contributed by atoms with van der Waals surface area (Å²) in [5.74, 6) is -1.63. The van der Waals surface area contributed by atoms with Crippen LogP contribution in [0, 0.1) is 0 Å². The second-order valence-electron chi connectivity index (χ2n) is 9.83. The monoisotopic (exact) mass is 477 g/mol. The fourth-order valence-corrected chi connectivity index (χ4v) is 4.50. The molecule has 34 heavy (non-hydrogen) atoms. The normalized spacial score (nSPS) is 11.1. The Bertz CT molecular complexity index is 624. The summed E-state index contributed by atoms with van der Waals surface area (Å²) in [5, 5.41) is 31.5. The largest absolute Gasteiger partial charge is 0.508 e. The van der Waals surface area contributed by atoms with Gasteiger partial charge in [0, 0.05) is 18.7 Å². The summed E-state index contributed by atoms with van der Waals surface area (Å²) in [5.41, 5.74) is -0.189. The fraction of sp³-hybridized carbons (Fsp3) is 0.759. The first kappa shape index (κ1) is 30.1. The number of phenolic OH excluding ortho intramolecular Hbond substituents is 3. The molecule has 4 N–H and O–H groups in total. The Balaban J connectivity index is 1.82. The zero-order valence-electron chi connectivity index (χ0n) is 21.8. The highest BCUT2D eigenvalue weighted by Crippen LogP contribution is 2.31. The number of carbonyl (C=O) groups excluding carboxylic acids is 1. The predicted molar refractivity (Wildman–Crippen MR) is 142 cm³/mol. The van der Waals surface area contributed by atoms with Crippen LogP contribution in [-0.2, 0) is 0 Å². The van der Waals surface area contributed by atoms with Gasteiger partial charge in [-0.05, 0) is 6.42 Å². The van der Waals surface area contributed by atoms with Gasteiger partial charge < -0.3 is 20.6 Å². The van der Waals surface area contributed by atoms with E-state index in [1.165, 1.54) is 116 Å². The zero-order chi connectivity index (χ0) is 24.9. The maximum Gasteiger partial charge on any atom is 0.258 e. The summed E-state index contributed by atoms with van der Waals surface area (Å²) < 4.78 is 0. The smallest absolute Gasteiger partial charge is 0.258 e. The van der Waals surface area contributed by atoms with Gasteiger partial charge in [0.25, 0.3) is 5.91 Å². The van der Waals surface area contributed by atoms with Crippen LogP contribution in [0.15, 0.2) is 12.1 Å². The second-order valence-corrected chi connectivity index (χ2v) is 9.83. The van der Waals surface area contributed by atoms with Crippen LogP contribution >= 0.6 is 0 Å². The average Bonchev–Trinajstić information content (AvgIpc) is 2.79. The number of nitrogens with one attached hydrogen (secondary N) is 1. The van der Waals surface area contributed by atoms with Crippen LogP contribution in [0.5, 0.6) is 17.2 Å². The Morgan fingerprint density at radius 2 is 0.912 bits per heavy atom. The van der Waals surface area contributed by atoms with Crippen LogP contribution in [0.4, 0.5) is 0 Å². The Morgan fingerprint density at radius 3 is 1.26 bits per heavy atom. The number of unbranched alkanes of at least 4 members (excludes halogenated alkanes) is 19. The molecule has 1 rings (SSSR count). The molecule has 0 spiro atoms. The van der Waals surface area contributed by atoms with E-state index < -0.39 is 17.4 Å². The average molecular weight is 478 g/mol. The summed E-state index contributed by atoms with van der Waals surface area (Å²) in [6.45, 7) is 2.79. The molecule has 0 aliphatic carbocycles. The van der Waals surface area contributed by atoms with E-state index in [1.54, 1.807) is 0 Å². The Labute approximate surface area is 208 Å². The first-order valence-corrected chi connectivity index (χ1v) is 14.1. The van der Waals surface area contributed by atoms with E-state index in [9.17, 15) is 20.1 Å². The molecule has 0 saturated carbocycles. The van der Waals surface area contributed by atoms with Gasteiger partial charge in [-0.3, -0.25) is 4.79 Å². The minimum Gasteiger partial charge on any atom is -0.508 e. The Hall–Kier alpha value is -1.91. The third-order valence-corrected chi connectivity index (χ3v) is 6.62. The molecule has 0 aliphatic rings. The van der Waals surface area contributed by atoms with Crippen molar-refractivity contribution in [1.82, 2.24) is 5.32 Å². The van der Waals surface area contributed by atoms with E-state index in [-0.39, 0.29) is 11.3 Å². The number of phenols is 3. The van der Waals surface area contributed by atoms with Crippen molar-refractivity contribution in [3.05, 3.63) is 17.7 Å². The molecule has 0 saturated heterocycles. The van der Waals surface area contributed by atoms with Gasteiger partial charge in [-0.1, -0.05) is 129 Å². The van der Waals surface area contributed by atoms with Gasteiger partial charge in [-0.15, -0.1) is 0 Å². The fourth-order valence-electron chi connectivity index (χ4n) is 4.50. The highest BCUT2D eigenvalue weighted by Gasteiger charge is 2.17.